The molecule has 0 amide bonds. The van der Waals surface area contributed by atoms with Crippen molar-refractivity contribution >= 4 is 10.0 Å². The van der Waals surface area contributed by atoms with Gasteiger partial charge in [0.05, 0.1) is 12.9 Å². The van der Waals surface area contributed by atoms with Crippen molar-refractivity contribution in [1.82, 2.24) is 14.4 Å². The number of hydrogen-bond donors (Lipinski definition) is 0. The Morgan fingerprint density at radius 2 is 1.84 bits per heavy atom. The predicted octanol–water partition coefficient (Wildman–Crippen LogP) is 3.97. The van der Waals surface area contributed by atoms with Crippen LogP contribution in [0, 0.1) is 0 Å². The van der Waals surface area contributed by atoms with Gasteiger partial charge in [-0.15, -0.1) is 0 Å². The molecular weight excluding hydrogens is 426 g/mol. The summed E-state index contributed by atoms with van der Waals surface area (Å²) in [6.07, 6.45) is 2.74. The van der Waals surface area contributed by atoms with Gasteiger partial charge in [-0.25, -0.2) is 8.42 Å². The first-order valence-corrected chi connectivity index (χ1v) is 12.6. The van der Waals surface area contributed by atoms with Crippen LogP contribution in [0.25, 0.3) is 11.4 Å². The van der Waals surface area contributed by atoms with Crippen LogP contribution in [-0.4, -0.2) is 42.3 Å². The molecule has 7 nitrogen and oxygen atoms in total. The Balaban J connectivity index is 1.33. The normalized spacial score (nSPS) is 14.9. The lowest BCUT2D eigenvalue weighted by Gasteiger charge is -2.27. The number of ether oxygens (including phenoxy) is 1. The second kappa shape index (κ2) is 8.67. The highest BCUT2D eigenvalue weighted by atomic mass is 32.2. The van der Waals surface area contributed by atoms with Crippen LogP contribution in [0.4, 0.5) is 0 Å². The first kappa shape index (κ1) is 22.5. The van der Waals surface area contributed by atoms with Crippen molar-refractivity contribution in [2.75, 3.05) is 19.4 Å². The maximum absolute atomic E-state index is 11.8. The third-order valence-electron chi connectivity index (χ3n) is 5.56. The Labute approximate surface area is 189 Å². The Hall–Kier alpha value is -2.71. The number of rotatable bonds is 6. The van der Waals surface area contributed by atoms with Gasteiger partial charge in [-0.05, 0) is 35.2 Å². The van der Waals surface area contributed by atoms with Crippen molar-refractivity contribution in [2.45, 2.75) is 45.6 Å². The molecule has 1 aromatic heterocycles. The quantitative estimate of drug-likeness (QED) is 0.559. The van der Waals surface area contributed by atoms with Gasteiger partial charge in [-0.3, -0.25) is 0 Å². The van der Waals surface area contributed by atoms with Crippen molar-refractivity contribution in [3.8, 4) is 17.1 Å². The van der Waals surface area contributed by atoms with Crippen molar-refractivity contribution in [1.29, 1.82) is 0 Å². The summed E-state index contributed by atoms with van der Waals surface area (Å²) in [5.41, 5.74) is 4.11. The molecule has 1 aliphatic heterocycles. The molecule has 0 fully saturated rings. The maximum Gasteiger partial charge on any atom is 0.232 e. The molecule has 1 aliphatic rings. The van der Waals surface area contributed by atoms with Gasteiger partial charge in [0.2, 0.25) is 21.7 Å². The zero-order chi connectivity index (χ0) is 22.9. The van der Waals surface area contributed by atoms with Gasteiger partial charge >= 0.3 is 0 Å². The van der Waals surface area contributed by atoms with Crippen LogP contribution in [0.2, 0.25) is 0 Å². The Morgan fingerprint density at radius 1 is 1.09 bits per heavy atom. The Kier molecular flexibility index (Phi) is 6.09. The number of benzene rings is 2. The van der Waals surface area contributed by atoms with E-state index >= 15 is 0 Å². The maximum atomic E-state index is 11.8. The van der Waals surface area contributed by atoms with Crippen molar-refractivity contribution < 1.29 is 17.7 Å². The highest BCUT2D eigenvalue weighted by Crippen LogP contribution is 2.26. The smallest absolute Gasteiger partial charge is 0.232 e. The molecule has 0 spiro atoms. The van der Waals surface area contributed by atoms with E-state index < -0.39 is 10.0 Å². The highest BCUT2D eigenvalue weighted by molar-refractivity contribution is 7.88. The molecule has 0 saturated heterocycles. The van der Waals surface area contributed by atoms with Crippen molar-refractivity contribution in [3.05, 3.63) is 65.0 Å². The molecule has 0 aliphatic carbocycles. The summed E-state index contributed by atoms with van der Waals surface area (Å²) < 4.78 is 36.4. The number of fused-ring (bicyclic) bond motifs is 1. The number of aromatic nitrogens is 2. The fourth-order valence-corrected chi connectivity index (χ4v) is 4.43. The third kappa shape index (κ3) is 5.19. The molecule has 0 atom stereocenters. The fourth-order valence-electron chi connectivity index (χ4n) is 3.63. The largest absolute Gasteiger partial charge is 0.493 e. The van der Waals surface area contributed by atoms with Crippen LogP contribution in [0.5, 0.6) is 5.75 Å². The second-order valence-electron chi connectivity index (χ2n) is 9.25. The lowest BCUT2D eigenvalue weighted by atomic mass is 9.97. The summed E-state index contributed by atoms with van der Waals surface area (Å²) in [6.45, 7) is 7.63. The molecule has 0 saturated carbocycles. The van der Waals surface area contributed by atoms with Crippen LogP contribution >= 0.6 is 0 Å². The molecule has 4 rings (SSSR count). The van der Waals surface area contributed by atoms with Crippen LogP contribution in [0.1, 0.15) is 43.4 Å². The first-order valence-electron chi connectivity index (χ1n) is 10.7. The summed E-state index contributed by atoms with van der Waals surface area (Å²) in [5.74, 6) is 2.04. The summed E-state index contributed by atoms with van der Waals surface area (Å²) >= 11 is 0. The summed E-state index contributed by atoms with van der Waals surface area (Å²) in [6, 6.07) is 14.0. The summed E-state index contributed by atoms with van der Waals surface area (Å²) in [7, 11) is -3.16. The van der Waals surface area contributed by atoms with Gasteiger partial charge < -0.3 is 9.26 Å². The number of nitrogens with zero attached hydrogens (tertiary/aromatic N) is 3. The summed E-state index contributed by atoms with van der Waals surface area (Å²) in [5, 5.41) is 4.09. The van der Waals surface area contributed by atoms with Crippen LogP contribution in [-0.2, 0) is 34.8 Å². The van der Waals surface area contributed by atoms with Crippen LogP contribution in [0.15, 0.2) is 47.0 Å². The first-order chi connectivity index (χ1) is 15.1. The monoisotopic (exact) mass is 455 g/mol. The summed E-state index contributed by atoms with van der Waals surface area (Å²) in [4.78, 5) is 4.50. The molecule has 32 heavy (non-hydrogen) atoms. The minimum Gasteiger partial charge on any atom is -0.493 e. The van der Waals surface area contributed by atoms with Gasteiger partial charge in [0.1, 0.15) is 5.75 Å². The van der Waals surface area contributed by atoms with E-state index in [4.69, 9.17) is 9.26 Å². The van der Waals surface area contributed by atoms with E-state index in [1.165, 1.54) is 10.6 Å². The SMILES string of the molecule is CC(C)(C)c1nc(-c2ccc(CCOc3ccc4c(c3)CCN(S(C)(=O)=O)C4)cc2)no1. The van der Waals surface area contributed by atoms with E-state index in [1.54, 1.807) is 0 Å². The van der Waals surface area contributed by atoms with Crippen molar-refractivity contribution in [3.63, 3.8) is 0 Å². The molecule has 3 aromatic rings. The topological polar surface area (TPSA) is 85.5 Å². The third-order valence-corrected chi connectivity index (χ3v) is 6.81. The molecule has 0 bridgehead atoms. The molecule has 2 aromatic carbocycles. The number of sulfonamides is 1. The van der Waals surface area contributed by atoms with E-state index in [1.807, 2.05) is 51.1 Å². The molecule has 170 valence electrons. The molecular formula is C24H29N3O4S. The minimum atomic E-state index is -3.16. The van der Waals surface area contributed by atoms with Gasteiger partial charge in [-0.2, -0.15) is 9.29 Å². The standard InChI is InChI=1S/C24H29N3O4S/c1-24(2,3)23-25-22(26-31-23)18-7-5-17(6-8-18)12-14-30-21-10-9-20-16-27(32(4,28)29)13-11-19(20)15-21/h5-10,15H,11-14,16H2,1-4H3. The second-order valence-corrected chi connectivity index (χ2v) is 11.2. The molecule has 2 heterocycles. The lowest BCUT2D eigenvalue weighted by molar-refractivity contribution is 0.320. The van der Waals surface area contributed by atoms with E-state index in [0.29, 0.717) is 37.8 Å². The van der Waals surface area contributed by atoms with Gasteiger partial charge in [0.15, 0.2) is 0 Å². The average Bonchev–Trinajstić information content (AvgIpc) is 3.24. The minimum absolute atomic E-state index is 0.174. The van der Waals surface area contributed by atoms with Gasteiger partial charge in [0.25, 0.3) is 0 Å². The van der Waals surface area contributed by atoms with Crippen LogP contribution < -0.4 is 4.74 Å². The molecule has 0 unspecified atom stereocenters. The van der Waals surface area contributed by atoms with E-state index in [-0.39, 0.29) is 5.41 Å². The molecule has 8 heteroatoms. The van der Waals surface area contributed by atoms with E-state index in [0.717, 1.165) is 34.4 Å². The Bertz CT molecular complexity index is 1190. The lowest BCUT2D eigenvalue weighted by Crippen LogP contribution is -2.35. The van der Waals surface area contributed by atoms with Crippen LogP contribution in [0.3, 0.4) is 0 Å². The zero-order valence-electron chi connectivity index (χ0n) is 19.0. The highest BCUT2D eigenvalue weighted by Gasteiger charge is 2.23. The van der Waals surface area contributed by atoms with Gasteiger partial charge in [0, 0.05) is 30.5 Å². The van der Waals surface area contributed by atoms with Gasteiger partial charge in [-0.1, -0.05) is 56.3 Å². The average molecular weight is 456 g/mol. The molecule has 0 radical (unpaired) electrons. The fraction of sp³-hybridized carbons (Fsp3) is 0.417. The van der Waals surface area contributed by atoms with E-state index in [2.05, 4.69) is 22.3 Å². The Morgan fingerprint density at radius 3 is 2.50 bits per heavy atom. The molecule has 0 N–H and O–H groups in total. The number of hydrogen-bond acceptors (Lipinski definition) is 6. The van der Waals surface area contributed by atoms with E-state index in [9.17, 15) is 8.42 Å². The van der Waals surface area contributed by atoms with Crippen molar-refractivity contribution in [2.24, 2.45) is 0 Å². The predicted molar refractivity (Wildman–Crippen MR) is 123 cm³/mol. The zero-order valence-corrected chi connectivity index (χ0v) is 19.8.